The van der Waals surface area contributed by atoms with E-state index in [0.717, 1.165) is 34.5 Å². The number of nitrogens with two attached hydrogens (primary N) is 1. The van der Waals surface area contributed by atoms with Gasteiger partial charge in [0.2, 0.25) is 11.8 Å². The van der Waals surface area contributed by atoms with Gasteiger partial charge in [0.25, 0.3) is 0 Å². The van der Waals surface area contributed by atoms with Crippen LogP contribution in [-0.4, -0.2) is 38.2 Å². The highest BCUT2D eigenvalue weighted by Gasteiger charge is 2.22. The van der Waals surface area contributed by atoms with Crippen LogP contribution in [0.15, 0.2) is 79.4 Å². The predicted molar refractivity (Wildman–Crippen MR) is 130 cm³/mol. The smallest absolute Gasteiger partial charge is 0.248 e. The summed E-state index contributed by atoms with van der Waals surface area (Å²) in [6.07, 6.45) is 8.31. The van der Waals surface area contributed by atoms with E-state index < -0.39 is 5.91 Å². The highest BCUT2D eigenvalue weighted by Crippen LogP contribution is 2.30. The number of ether oxygens (including phenoxy) is 1. The average Bonchev–Trinajstić information content (AvgIpc) is 3.30. The van der Waals surface area contributed by atoms with Crippen molar-refractivity contribution in [1.29, 1.82) is 0 Å². The van der Waals surface area contributed by atoms with Gasteiger partial charge in [0, 0.05) is 54.2 Å². The van der Waals surface area contributed by atoms with Gasteiger partial charge in [0.05, 0.1) is 23.8 Å². The largest absolute Gasteiger partial charge is 0.457 e. The van der Waals surface area contributed by atoms with Gasteiger partial charge in [-0.2, -0.15) is 0 Å². The van der Waals surface area contributed by atoms with Gasteiger partial charge in [-0.15, -0.1) is 0 Å². The Bertz CT molecular complexity index is 1360. The molecule has 3 heterocycles. The lowest BCUT2D eigenvalue weighted by Gasteiger charge is -2.19. The Morgan fingerprint density at radius 2 is 1.63 bits per heavy atom. The number of benzene rings is 2. The van der Waals surface area contributed by atoms with E-state index in [1.165, 1.54) is 0 Å². The molecule has 2 N–H and O–H groups in total. The SMILES string of the molecule is NC(=O)c1ccc(CN2CCCC2=O)c(Oc2ccc(-c3cnc(-c4ccncc4)cn3)cc2)c1. The summed E-state index contributed by atoms with van der Waals surface area (Å²) in [6, 6.07) is 16.3. The molecule has 0 aliphatic carbocycles. The molecule has 2 amide bonds. The quantitative estimate of drug-likeness (QED) is 0.437. The molecule has 4 aromatic rings. The number of likely N-dealkylation sites (tertiary alicyclic amines) is 1. The molecule has 1 saturated heterocycles. The van der Waals surface area contributed by atoms with Crippen LogP contribution in [0, 0.1) is 0 Å². The van der Waals surface area contributed by atoms with Crippen molar-refractivity contribution in [3.63, 3.8) is 0 Å². The van der Waals surface area contributed by atoms with Crippen molar-refractivity contribution in [2.24, 2.45) is 5.73 Å². The Balaban J connectivity index is 1.35. The number of nitrogens with zero attached hydrogens (tertiary/aromatic N) is 4. The second-order valence-corrected chi connectivity index (χ2v) is 8.25. The van der Waals surface area contributed by atoms with Crippen LogP contribution in [0.3, 0.4) is 0 Å². The maximum Gasteiger partial charge on any atom is 0.248 e. The van der Waals surface area contributed by atoms with Crippen molar-refractivity contribution in [2.75, 3.05) is 6.54 Å². The van der Waals surface area contributed by atoms with E-state index in [1.807, 2.05) is 36.4 Å². The van der Waals surface area contributed by atoms with Crippen LogP contribution < -0.4 is 10.5 Å². The van der Waals surface area contributed by atoms with Gasteiger partial charge in [-0.25, -0.2) is 0 Å². The lowest BCUT2D eigenvalue weighted by molar-refractivity contribution is -0.128. The number of primary amides is 1. The standard InChI is InChI=1S/C27H23N5O3/c28-27(34)20-3-4-21(17-32-13-1-2-26(32)33)25(14-20)35-22-7-5-18(6-8-22)23-15-31-24(16-30-23)19-9-11-29-12-10-19/h3-12,14-16H,1-2,13,17H2,(H2,28,34). The number of hydrogen-bond acceptors (Lipinski definition) is 6. The molecule has 0 saturated carbocycles. The van der Waals surface area contributed by atoms with E-state index >= 15 is 0 Å². The Labute approximate surface area is 202 Å². The second-order valence-electron chi connectivity index (χ2n) is 8.25. The molecule has 8 nitrogen and oxygen atoms in total. The highest BCUT2D eigenvalue weighted by molar-refractivity contribution is 5.93. The normalized spacial score (nSPS) is 13.1. The molecule has 0 radical (unpaired) electrons. The zero-order valence-electron chi connectivity index (χ0n) is 18.9. The fourth-order valence-electron chi connectivity index (χ4n) is 3.98. The Morgan fingerprint density at radius 1 is 0.943 bits per heavy atom. The molecule has 35 heavy (non-hydrogen) atoms. The van der Waals surface area contributed by atoms with Crippen LogP contribution in [0.5, 0.6) is 11.5 Å². The van der Waals surface area contributed by atoms with Crippen LogP contribution in [0.1, 0.15) is 28.8 Å². The van der Waals surface area contributed by atoms with Gasteiger partial charge in [0.15, 0.2) is 0 Å². The van der Waals surface area contributed by atoms with Crippen LogP contribution in [0.2, 0.25) is 0 Å². The van der Waals surface area contributed by atoms with Gasteiger partial charge in [-0.1, -0.05) is 6.07 Å². The molecule has 8 heteroatoms. The summed E-state index contributed by atoms with van der Waals surface area (Å²) in [6.45, 7) is 1.14. The molecule has 0 unspecified atom stereocenters. The monoisotopic (exact) mass is 465 g/mol. The minimum absolute atomic E-state index is 0.121. The molecule has 174 valence electrons. The number of aromatic nitrogens is 3. The van der Waals surface area contributed by atoms with Crippen LogP contribution in [0.4, 0.5) is 0 Å². The summed E-state index contributed by atoms with van der Waals surface area (Å²) >= 11 is 0. The molecule has 1 fully saturated rings. The fraction of sp³-hybridized carbons (Fsp3) is 0.148. The third-order valence-electron chi connectivity index (χ3n) is 5.89. The first-order chi connectivity index (χ1) is 17.1. The lowest BCUT2D eigenvalue weighted by atomic mass is 10.1. The minimum Gasteiger partial charge on any atom is -0.457 e. The second kappa shape index (κ2) is 9.72. The number of amides is 2. The molecule has 5 rings (SSSR count). The van der Waals surface area contributed by atoms with Crippen molar-refractivity contribution < 1.29 is 14.3 Å². The fourth-order valence-corrected chi connectivity index (χ4v) is 3.98. The molecule has 1 aliphatic heterocycles. The highest BCUT2D eigenvalue weighted by atomic mass is 16.5. The Morgan fingerprint density at radius 3 is 2.23 bits per heavy atom. The third kappa shape index (κ3) is 5.01. The molecule has 0 bridgehead atoms. The number of carbonyl (C=O) groups is 2. The molecule has 0 spiro atoms. The molecular formula is C27H23N5O3. The van der Waals surface area contributed by atoms with Crippen LogP contribution in [-0.2, 0) is 11.3 Å². The number of pyridine rings is 1. The Kier molecular flexibility index (Phi) is 6.17. The van der Waals surface area contributed by atoms with E-state index in [4.69, 9.17) is 10.5 Å². The van der Waals surface area contributed by atoms with Crippen molar-refractivity contribution in [3.05, 3.63) is 90.5 Å². The lowest BCUT2D eigenvalue weighted by Crippen LogP contribution is -2.24. The van der Waals surface area contributed by atoms with Crippen molar-refractivity contribution in [1.82, 2.24) is 19.9 Å². The van der Waals surface area contributed by atoms with Gasteiger partial charge >= 0.3 is 0 Å². The zero-order valence-corrected chi connectivity index (χ0v) is 18.9. The summed E-state index contributed by atoms with van der Waals surface area (Å²) in [7, 11) is 0. The predicted octanol–water partition coefficient (Wildman–Crippen LogP) is 4.22. The van der Waals surface area contributed by atoms with Gasteiger partial charge in [0.1, 0.15) is 11.5 Å². The van der Waals surface area contributed by atoms with Gasteiger partial charge < -0.3 is 15.4 Å². The summed E-state index contributed by atoms with van der Waals surface area (Å²) in [5, 5.41) is 0. The number of hydrogen-bond donors (Lipinski definition) is 1. The molecule has 0 atom stereocenters. The topological polar surface area (TPSA) is 111 Å². The van der Waals surface area contributed by atoms with E-state index in [0.29, 0.717) is 36.6 Å². The maximum absolute atomic E-state index is 12.1. The number of carbonyl (C=O) groups excluding carboxylic acids is 2. The first-order valence-electron chi connectivity index (χ1n) is 11.3. The van der Waals surface area contributed by atoms with Crippen molar-refractivity contribution >= 4 is 11.8 Å². The summed E-state index contributed by atoms with van der Waals surface area (Å²) in [5.41, 5.74) is 9.97. The Hall–Kier alpha value is -4.59. The van der Waals surface area contributed by atoms with Crippen molar-refractivity contribution in [2.45, 2.75) is 19.4 Å². The van der Waals surface area contributed by atoms with E-state index in [9.17, 15) is 9.59 Å². The van der Waals surface area contributed by atoms with Crippen LogP contribution >= 0.6 is 0 Å². The zero-order chi connectivity index (χ0) is 24.2. The molecule has 1 aliphatic rings. The average molecular weight is 466 g/mol. The van der Waals surface area contributed by atoms with Crippen LogP contribution in [0.25, 0.3) is 22.5 Å². The van der Waals surface area contributed by atoms with E-state index in [1.54, 1.807) is 47.9 Å². The molecule has 2 aromatic heterocycles. The van der Waals surface area contributed by atoms with E-state index in [-0.39, 0.29) is 5.91 Å². The van der Waals surface area contributed by atoms with Crippen molar-refractivity contribution in [3.8, 4) is 34.0 Å². The minimum atomic E-state index is -0.539. The first-order valence-corrected chi connectivity index (χ1v) is 11.3. The van der Waals surface area contributed by atoms with Gasteiger partial charge in [-0.05, 0) is 55.0 Å². The summed E-state index contributed by atoms with van der Waals surface area (Å²) in [5.74, 6) is 0.666. The molecular weight excluding hydrogens is 442 g/mol. The third-order valence-corrected chi connectivity index (χ3v) is 5.89. The maximum atomic E-state index is 12.1. The summed E-state index contributed by atoms with van der Waals surface area (Å²) < 4.78 is 6.13. The molecule has 2 aromatic carbocycles. The van der Waals surface area contributed by atoms with Gasteiger partial charge in [-0.3, -0.25) is 24.5 Å². The van der Waals surface area contributed by atoms with E-state index in [2.05, 4.69) is 15.0 Å². The summed E-state index contributed by atoms with van der Waals surface area (Å²) in [4.78, 5) is 38.7. The number of rotatable bonds is 7. The first kappa shape index (κ1) is 22.2.